The normalized spacial score (nSPS) is 11.4. The molecule has 0 aliphatic rings. The molecular formula is C25H29N5O2. The summed E-state index contributed by atoms with van der Waals surface area (Å²) in [6, 6.07) is 18.0. The first-order valence-corrected chi connectivity index (χ1v) is 11.0. The molecular weight excluding hydrogens is 402 g/mol. The molecule has 0 unspecified atom stereocenters. The SMILES string of the molecule is CCc1cccc(Cn2nc3c(c2Nc2ccccc2)c(=O)n(C)c(=O)n3CC(C)C)c1. The lowest BCUT2D eigenvalue weighted by Crippen LogP contribution is -2.38. The standard InChI is InChI=1S/C25H29N5O2/c1-5-18-10-9-11-19(14-18)16-30-22(26-20-12-7-6-8-13-20)21-23(27-30)29(15-17(2)3)25(32)28(4)24(21)31/h6-14,17,26H,5,15-16H2,1-4H3. The van der Waals surface area contributed by atoms with Gasteiger partial charge in [-0.25, -0.2) is 9.48 Å². The van der Waals surface area contributed by atoms with Gasteiger partial charge in [-0.05, 0) is 35.6 Å². The van der Waals surface area contributed by atoms with Crippen LogP contribution in [0, 0.1) is 5.92 Å². The Morgan fingerprint density at radius 3 is 2.41 bits per heavy atom. The number of rotatable bonds is 7. The first-order valence-electron chi connectivity index (χ1n) is 11.0. The van der Waals surface area contributed by atoms with Gasteiger partial charge in [-0.3, -0.25) is 13.9 Å². The van der Waals surface area contributed by atoms with Crippen LogP contribution in [0.5, 0.6) is 0 Å². The highest BCUT2D eigenvalue weighted by Crippen LogP contribution is 2.25. The first kappa shape index (κ1) is 21.6. The number of para-hydroxylation sites is 1. The molecule has 32 heavy (non-hydrogen) atoms. The van der Waals surface area contributed by atoms with Crippen molar-refractivity contribution in [2.75, 3.05) is 5.32 Å². The first-order chi connectivity index (χ1) is 15.4. The molecule has 4 aromatic rings. The van der Waals surface area contributed by atoms with Crippen molar-refractivity contribution < 1.29 is 0 Å². The van der Waals surface area contributed by atoms with Crippen LogP contribution in [0.3, 0.4) is 0 Å². The summed E-state index contributed by atoms with van der Waals surface area (Å²) in [7, 11) is 1.52. The Morgan fingerprint density at radius 2 is 1.72 bits per heavy atom. The number of hydrogen-bond acceptors (Lipinski definition) is 4. The average Bonchev–Trinajstić information content (AvgIpc) is 3.13. The van der Waals surface area contributed by atoms with Gasteiger partial charge in [0.05, 0.1) is 6.54 Å². The van der Waals surface area contributed by atoms with Gasteiger partial charge in [0.25, 0.3) is 5.56 Å². The monoisotopic (exact) mass is 431 g/mol. The van der Waals surface area contributed by atoms with Gasteiger partial charge >= 0.3 is 5.69 Å². The maximum Gasteiger partial charge on any atom is 0.332 e. The highest BCUT2D eigenvalue weighted by atomic mass is 16.2. The lowest BCUT2D eigenvalue weighted by atomic mass is 10.1. The summed E-state index contributed by atoms with van der Waals surface area (Å²) in [4.78, 5) is 26.1. The second-order valence-electron chi connectivity index (χ2n) is 8.52. The molecule has 0 bridgehead atoms. The van der Waals surface area contributed by atoms with Gasteiger partial charge in [0, 0.05) is 19.3 Å². The summed E-state index contributed by atoms with van der Waals surface area (Å²) in [5.41, 5.74) is 2.89. The molecule has 1 N–H and O–H groups in total. The van der Waals surface area contributed by atoms with Crippen LogP contribution in [0.25, 0.3) is 11.0 Å². The van der Waals surface area contributed by atoms with Crippen molar-refractivity contribution in [1.82, 2.24) is 18.9 Å². The van der Waals surface area contributed by atoms with Crippen molar-refractivity contribution in [1.29, 1.82) is 0 Å². The minimum atomic E-state index is -0.350. The van der Waals surface area contributed by atoms with E-state index in [4.69, 9.17) is 5.10 Å². The van der Waals surface area contributed by atoms with E-state index in [1.54, 1.807) is 9.25 Å². The third kappa shape index (κ3) is 4.10. The van der Waals surface area contributed by atoms with Gasteiger partial charge in [0.1, 0.15) is 11.2 Å². The summed E-state index contributed by atoms with van der Waals surface area (Å²) in [6.45, 7) is 7.17. The maximum atomic E-state index is 13.2. The molecule has 4 rings (SSSR count). The summed E-state index contributed by atoms with van der Waals surface area (Å²) in [5.74, 6) is 0.816. The van der Waals surface area contributed by atoms with E-state index in [1.165, 1.54) is 17.2 Å². The molecule has 2 heterocycles. The summed E-state index contributed by atoms with van der Waals surface area (Å²) in [5, 5.41) is 8.58. The van der Waals surface area contributed by atoms with Crippen molar-refractivity contribution in [2.24, 2.45) is 13.0 Å². The van der Waals surface area contributed by atoms with Crippen molar-refractivity contribution in [3.8, 4) is 0 Å². The lowest BCUT2D eigenvalue weighted by molar-refractivity contribution is 0.498. The van der Waals surface area contributed by atoms with E-state index >= 15 is 0 Å². The zero-order valence-electron chi connectivity index (χ0n) is 19.0. The topological polar surface area (TPSA) is 73.8 Å². The van der Waals surface area contributed by atoms with Gasteiger partial charge in [-0.2, -0.15) is 5.10 Å². The molecule has 0 saturated heterocycles. The van der Waals surface area contributed by atoms with Crippen LogP contribution in [0.4, 0.5) is 11.5 Å². The van der Waals surface area contributed by atoms with Crippen LogP contribution in [0.1, 0.15) is 31.9 Å². The third-order valence-corrected chi connectivity index (χ3v) is 5.54. The van der Waals surface area contributed by atoms with Gasteiger partial charge in [-0.15, -0.1) is 0 Å². The van der Waals surface area contributed by atoms with Gasteiger partial charge in [0.2, 0.25) is 0 Å². The van der Waals surface area contributed by atoms with E-state index in [1.807, 2.05) is 50.2 Å². The quantitative estimate of drug-likeness (QED) is 0.482. The number of anilines is 2. The number of benzene rings is 2. The van der Waals surface area contributed by atoms with Gasteiger partial charge < -0.3 is 5.32 Å². The molecule has 166 valence electrons. The molecule has 0 amide bonds. The summed E-state index contributed by atoms with van der Waals surface area (Å²) >= 11 is 0. The van der Waals surface area contributed by atoms with Crippen LogP contribution in [-0.2, 0) is 26.6 Å². The number of fused-ring (bicyclic) bond motifs is 1. The largest absolute Gasteiger partial charge is 0.340 e. The predicted molar refractivity (Wildman–Crippen MR) is 129 cm³/mol. The molecule has 0 radical (unpaired) electrons. The van der Waals surface area contributed by atoms with Crippen molar-refractivity contribution in [3.05, 3.63) is 86.6 Å². The Bertz CT molecular complexity index is 1360. The molecule has 0 saturated carbocycles. The summed E-state index contributed by atoms with van der Waals surface area (Å²) in [6.07, 6.45) is 0.943. The van der Waals surface area contributed by atoms with Crippen molar-refractivity contribution >= 4 is 22.5 Å². The highest BCUT2D eigenvalue weighted by molar-refractivity contribution is 5.89. The summed E-state index contributed by atoms with van der Waals surface area (Å²) < 4.78 is 4.57. The van der Waals surface area contributed by atoms with E-state index < -0.39 is 0 Å². The average molecular weight is 432 g/mol. The maximum absolute atomic E-state index is 13.2. The molecule has 0 aliphatic carbocycles. The van der Waals surface area contributed by atoms with E-state index in [-0.39, 0.29) is 17.2 Å². The molecule has 7 heteroatoms. The van der Waals surface area contributed by atoms with Crippen LogP contribution in [0.15, 0.2) is 64.2 Å². The molecule has 0 fully saturated rings. The Labute approximate surface area is 186 Å². The number of aryl methyl sites for hydroxylation is 1. The van der Waals surface area contributed by atoms with Crippen LogP contribution in [-0.4, -0.2) is 18.9 Å². The Balaban J connectivity index is 1.96. The smallest absolute Gasteiger partial charge is 0.332 e. The molecule has 2 aromatic heterocycles. The Kier molecular flexibility index (Phi) is 5.99. The zero-order chi connectivity index (χ0) is 22.8. The predicted octanol–water partition coefficient (Wildman–Crippen LogP) is 3.91. The van der Waals surface area contributed by atoms with Crippen LogP contribution in [0.2, 0.25) is 0 Å². The Morgan fingerprint density at radius 1 is 1.00 bits per heavy atom. The zero-order valence-corrected chi connectivity index (χ0v) is 19.0. The lowest BCUT2D eigenvalue weighted by Gasteiger charge is -2.12. The van der Waals surface area contributed by atoms with Crippen LogP contribution < -0.4 is 16.6 Å². The fraction of sp³-hybridized carbons (Fsp3) is 0.320. The fourth-order valence-electron chi connectivity index (χ4n) is 3.91. The fourth-order valence-corrected chi connectivity index (χ4v) is 3.91. The Hall–Kier alpha value is -3.61. The van der Waals surface area contributed by atoms with E-state index in [0.717, 1.165) is 17.7 Å². The van der Waals surface area contributed by atoms with Crippen molar-refractivity contribution in [3.63, 3.8) is 0 Å². The molecule has 0 aliphatic heterocycles. The highest BCUT2D eigenvalue weighted by Gasteiger charge is 2.22. The molecule has 0 atom stereocenters. The second kappa shape index (κ2) is 8.86. The number of nitrogens with one attached hydrogen (secondary N) is 1. The van der Waals surface area contributed by atoms with Gasteiger partial charge in [0.15, 0.2) is 5.65 Å². The van der Waals surface area contributed by atoms with E-state index in [0.29, 0.717) is 29.9 Å². The number of nitrogens with zero attached hydrogens (tertiary/aromatic N) is 4. The third-order valence-electron chi connectivity index (χ3n) is 5.54. The number of aromatic nitrogens is 4. The van der Waals surface area contributed by atoms with E-state index in [2.05, 4.69) is 30.4 Å². The minimum Gasteiger partial charge on any atom is -0.340 e. The van der Waals surface area contributed by atoms with E-state index in [9.17, 15) is 9.59 Å². The van der Waals surface area contributed by atoms with Crippen LogP contribution >= 0.6 is 0 Å². The number of hydrogen-bond donors (Lipinski definition) is 1. The molecule has 0 spiro atoms. The van der Waals surface area contributed by atoms with Gasteiger partial charge in [-0.1, -0.05) is 63.2 Å². The molecule has 7 nitrogen and oxygen atoms in total. The van der Waals surface area contributed by atoms with Crippen molar-refractivity contribution in [2.45, 2.75) is 40.3 Å². The minimum absolute atomic E-state index is 0.227. The second-order valence-corrected chi connectivity index (χ2v) is 8.52. The molecule has 2 aromatic carbocycles.